The van der Waals surface area contributed by atoms with Gasteiger partial charge in [0.15, 0.2) is 5.96 Å². The Hall–Kier alpha value is -0.0400. The van der Waals surface area contributed by atoms with Crippen molar-refractivity contribution in [3.05, 3.63) is 0 Å². The highest BCUT2D eigenvalue weighted by molar-refractivity contribution is 14.0. The van der Waals surface area contributed by atoms with Gasteiger partial charge in [-0.25, -0.2) is 0 Å². The van der Waals surface area contributed by atoms with Crippen molar-refractivity contribution in [2.75, 3.05) is 40.3 Å². The molecule has 0 atom stereocenters. The lowest BCUT2D eigenvalue weighted by Gasteiger charge is -2.24. The summed E-state index contributed by atoms with van der Waals surface area (Å²) in [5.74, 6) is 1.08. The number of nitrogens with one attached hydrogen (secondary N) is 1. The lowest BCUT2D eigenvalue weighted by Crippen LogP contribution is -2.41. The topological polar surface area (TPSA) is 30.9 Å². The quantitative estimate of drug-likeness (QED) is 0.316. The molecule has 0 aliphatic carbocycles. The van der Waals surface area contributed by atoms with Crippen LogP contribution in [0.1, 0.15) is 47.0 Å². The van der Waals surface area contributed by atoms with Gasteiger partial charge in [-0.05, 0) is 52.1 Å². The van der Waals surface area contributed by atoms with Crippen LogP contribution in [0.2, 0.25) is 0 Å². The third-order valence-corrected chi connectivity index (χ3v) is 4.29. The Morgan fingerprint density at radius 2 is 2.00 bits per heavy atom. The van der Waals surface area contributed by atoms with Crippen molar-refractivity contribution in [1.29, 1.82) is 0 Å². The minimum absolute atomic E-state index is 0. The summed E-state index contributed by atoms with van der Waals surface area (Å²) in [6.45, 7) is 13.6. The number of guanidine groups is 1. The van der Waals surface area contributed by atoms with Crippen molar-refractivity contribution in [2.24, 2.45) is 10.4 Å². The van der Waals surface area contributed by atoms with E-state index in [1.54, 1.807) is 0 Å². The lowest BCUT2D eigenvalue weighted by molar-refractivity contribution is 0.268. The molecule has 1 aliphatic heterocycles. The zero-order valence-corrected chi connectivity index (χ0v) is 17.1. The van der Waals surface area contributed by atoms with Gasteiger partial charge in [0.2, 0.25) is 0 Å². The van der Waals surface area contributed by atoms with Crippen LogP contribution in [0.25, 0.3) is 0 Å². The first kappa shape index (κ1) is 21.0. The monoisotopic (exact) mass is 410 g/mol. The summed E-state index contributed by atoms with van der Waals surface area (Å²) in [5.41, 5.74) is 0.428. The number of aliphatic imine (C=N–C) groups is 1. The Morgan fingerprint density at radius 3 is 2.48 bits per heavy atom. The van der Waals surface area contributed by atoms with Crippen LogP contribution in [-0.2, 0) is 0 Å². The number of rotatable bonds is 6. The van der Waals surface area contributed by atoms with Crippen molar-refractivity contribution >= 4 is 29.9 Å². The molecule has 0 unspecified atom stereocenters. The maximum absolute atomic E-state index is 4.42. The van der Waals surface area contributed by atoms with Crippen LogP contribution < -0.4 is 5.32 Å². The number of likely N-dealkylation sites (tertiary alicyclic amines) is 1. The van der Waals surface area contributed by atoms with Crippen LogP contribution in [-0.4, -0.2) is 62.1 Å². The molecular formula is C16H35IN4. The van der Waals surface area contributed by atoms with Gasteiger partial charge in [-0.15, -0.1) is 24.0 Å². The Kier molecular flexibility index (Phi) is 9.85. The molecule has 0 amide bonds. The normalized spacial score (nSPS) is 18.3. The minimum atomic E-state index is 0. The molecule has 21 heavy (non-hydrogen) atoms. The Balaban J connectivity index is 0.00000400. The Labute approximate surface area is 148 Å². The first-order valence-corrected chi connectivity index (χ1v) is 8.01. The van der Waals surface area contributed by atoms with Gasteiger partial charge in [-0.2, -0.15) is 0 Å². The largest absolute Gasteiger partial charge is 0.356 e. The van der Waals surface area contributed by atoms with Crippen molar-refractivity contribution in [2.45, 2.75) is 53.0 Å². The van der Waals surface area contributed by atoms with Gasteiger partial charge in [0.1, 0.15) is 0 Å². The second-order valence-electron chi connectivity index (χ2n) is 7.09. The van der Waals surface area contributed by atoms with Gasteiger partial charge in [0.05, 0.1) is 0 Å². The average Bonchev–Trinajstić information content (AvgIpc) is 2.73. The van der Waals surface area contributed by atoms with Gasteiger partial charge in [0.25, 0.3) is 0 Å². The third-order valence-electron chi connectivity index (χ3n) is 4.29. The highest BCUT2D eigenvalue weighted by Gasteiger charge is 2.30. The van der Waals surface area contributed by atoms with E-state index < -0.39 is 0 Å². The molecule has 4 nitrogen and oxygen atoms in total. The average molecular weight is 410 g/mol. The molecule has 0 radical (unpaired) electrons. The summed E-state index contributed by atoms with van der Waals surface area (Å²) in [7, 11) is 4.09. The van der Waals surface area contributed by atoms with Crippen LogP contribution >= 0.6 is 24.0 Å². The number of hydrogen-bond donors (Lipinski definition) is 1. The summed E-state index contributed by atoms with van der Waals surface area (Å²) in [6, 6.07) is 0.641. The summed E-state index contributed by atoms with van der Waals surface area (Å²) in [6.07, 6.45) is 3.70. The fourth-order valence-corrected chi connectivity index (χ4v) is 2.57. The van der Waals surface area contributed by atoms with Crippen LogP contribution in [0.5, 0.6) is 0 Å². The Morgan fingerprint density at radius 1 is 1.33 bits per heavy atom. The molecule has 0 aromatic rings. The Bertz CT molecular complexity index is 315. The van der Waals surface area contributed by atoms with E-state index in [-0.39, 0.29) is 24.0 Å². The molecule has 0 bridgehead atoms. The maximum atomic E-state index is 4.42. The molecule has 0 spiro atoms. The van der Waals surface area contributed by atoms with Crippen LogP contribution in [0.3, 0.4) is 0 Å². The molecule has 1 N–H and O–H groups in total. The minimum Gasteiger partial charge on any atom is -0.356 e. The first-order chi connectivity index (χ1) is 9.35. The summed E-state index contributed by atoms with van der Waals surface area (Å²) >= 11 is 0. The fourth-order valence-electron chi connectivity index (χ4n) is 2.57. The molecule has 0 saturated carbocycles. The molecule has 1 rings (SSSR count). The van der Waals surface area contributed by atoms with E-state index in [1.807, 2.05) is 7.05 Å². The second kappa shape index (κ2) is 9.87. The van der Waals surface area contributed by atoms with Crippen molar-refractivity contribution in [3.63, 3.8) is 0 Å². The molecule has 1 heterocycles. The number of unbranched alkanes of at least 4 members (excludes halogenated alkanes) is 1. The molecular weight excluding hydrogens is 375 g/mol. The number of hydrogen-bond acceptors (Lipinski definition) is 2. The number of halogens is 1. The lowest BCUT2D eigenvalue weighted by atomic mass is 9.93. The summed E-state index contributed by atoms with van der Waals surface area (Å²) in [4.78, 5) is 9.21. The second-order valence-corrected chi connectivity index (χ2v) is 7.09. The van der Waals surface area contributed by atoms with Crippen molar-refractivity contribution in [3.8, 4) is 0 Å². The molecule has 0 aromatic heterocycles. The number of nitrogens with zero attached hydrogens (tertiary/aromatic N) is 3. The van der Waals surface area contributed by atoms with Gasteiger partial charge in [-0.3, -0.25) is 4.99 Å². The van der Waals surface area contributed by atoms with Crippen LogP contribution in [0.4, 0.5) is 0 Å². The van der Waals surface area contributed by atoms with Gasteiger partial charge in [-0.1, -0.05) is 13.8 Å². The molecule has 5 heteroatoms. The zero-order valence-electron chi connectivity index (χ0n) is 14.8. The van der Waals surface area contributed by atoms with E-state index in [0.29, 0.717) is 11.5 Å². The van der Waals surface area contributed by atoms with E-state index >= 15 is 0 Å². The highest BCUT2D eigenvalue weighted by Crippen LogP contribution is 2.28. The standard InChI is InChI=1S/C16H34N4.HI/c1-14(2)19(6)11-8-7-10-18-15(17-5)20-12-9-16(3,4)13-20;/h14H,7-13H2,1-6H3,(H,17,18);1H. The fraction of sp³-hybridized carbons (Fsp3) is 0.938. The third kappa shape index (κ3) is 7.68. The zero-order chi connectivity index (χ0) is 15.2. The maximum Gasteiger partial charge on any atom is 0.193 e. The molecule has 1 aliphatic rings. The van der Waals surface area contributed by atoms with Crippen LogP contribution in [0.15, 0.2) is 4.99 Å². The van der Waals surface area contributed by atoms with Gasteiger partial charge < -0.3 is 15.1 Å². The summed E-state index contributed by atoms with van der Waals surface area (Å²) in [5, 5.41) is 3.51. The van der Waals surface area contributed by atoms with E-state index in [4.69, 9.17) is 0 Å². The SMILES string of the molecule is CN=C(NCCCCN(C)C(C)C)N1CCC(C)(C)C1.I. The molecule has 1 fully saturated rings. The van der Waals surface area contributed by atoms with Crippen LogP contribution in [0, 0.1) is 5.41 Å². The smallest absolute Gasteiger partial charge is 0.193 e. The van der Waals surface area contributed by atoms with Gasteiger partial charge >= 0.3 is 0 Å². The molecule has 1 saturated heterocycles. The summed E-state index contributed by atoms with van der Waals surface area (Å²) < 4.78 is 0. The van der Waals surface area contributed by atoms with Crippen molar-refractivity contribution < 1.29 is 0 Å². The predicted octanol–water partition coefficient (Wildman–Crippen LogP) is 3.03. The molecule has 126 valence electrons. The predicted molar refractivity (Wildman–Crippen MR) is 104 cm³/mol. The van der Waals surface area contributed by atoms with Gasteiger partial charge in [0, 0.05) is 32.7 Å². The van der Waals surface area contributed by atoms with E-state index in [1.165, 1.54) is 25.8 Å². The molecule has 0 aromatic carbocycles. The van der Waals surface area contributed by atoms with E-state index in [9.17, 15) is 0 Å². The van der Waals surface area contributed by atoms with E-state index in [0.717, 1.165) is 25.6 Å². The van der Waals surface area contributed by atoms with E-state index in [2.05, 4.69) is 54.9 Å². The first-order valence-electron chi connectivity index (χ1n) is 8.01. The highest BCUT2D eigenvalue weighted by atomic mass is 127. The van der Waals surface area contributed by atoms with Crippen molar-refractivity contribution in [1.82, 2.24) is 15.1 Å².